The topological polar surface area (TPSA) is 66.8 Å². The van der Waals surface area contributed by atoms with Crippen molar-refractivity contribution in [1.29, 1.82) is 5.26 Å². The summed E-state index contributed by atoms with van der Waals surface area (Å²) < 4.78 is 0. The van der Waals surface area contributed by atoms with Crippen LogP contribution in [0, 0.1) is 35.7 Å². The second-order valence-corrected chi connectivity index (χ2v) is 15.8. The summed E-state index contributed by atoms with van der Waals surface area (Å²) in [6.45, 7) is 7.43. The summed E-state index contributed by atoms with van der Waals surface area (Å²) in [5.74, 6) is 4.42. The Kier molecular flexibility index (Phi) is 7.70. The summed E-state index contributed by atoms with van der Waals surface area (Å²) >= 11 is 0. The van der Waals surface area contributed by atoms with E-state index in [4.69, 9.17) is 21.5 Å². The Hall–Kier alpha value is -6.43. The highest BCUT2D eigenvalue weighted by Gasteiger charge is 2.51. The van der Waals surface area contributed by atoms with Crippen molar-refractivity contribution in [3.63, 3.8) is 0 Å². The van der Waals surface area contributed by atoms with Gasteiger partial charge in [-0.05, 0) is 137 Å². The molecule has 11 rings (SSSR count). The van der Waals surface area contributed by atoms with Crippen LogP contribution in [-0.2, 0) is 5.41 Å². The van der Waals surface area contributed by atoms with E-state index in [1.165, 1.54) is 44.1 Å². The first-order valence-electron chi connectivity index (χ1n) is 19.0. The minimum Gasteiger partial charge on any atom is -0.238 e. The van der Waals surface area contributed by atoms with Gasteiger partial charge in [0.05, 0.1) is 18.2 Å². The molecule has 0 amide bonds. The zero-order valence-electron chi connectivity index (χ0n) is 29.9. The van der Waals surface area contributed by atoms with E-state index in [0.717, 1.165) is 67.5 Å². The minimum absolute atomic E-state index is 0.343. The third kappa shape index (κ3) is 5.83. The Morgan fingerprint density at radius 1 is 0.519 bits per heavy atom. The van der Waals surface area contributed by atoms with Gasteiger partial charge in [-0.15, -0.1) is 0 Å². The Labute approximate surface area is 315 Å². The predicted octanol–water partition coefficient (Wildman–Crippen LogP) is 12.3. The summed E-state index contributed by atoms with van der Waals surface area (Å²) in [6.07, 6.45) is 8.36. The molecule has 0 spiro atoms. The number of rotatable bonds is 6. The van der Waals surface area contributed by atoms with Crippen molar-refractivity contribution in [3.05, 3.63) is 156 Å². The van der Waals surface area contributed by atoms with Crippen LogP contribution in [0.2, 0.25) is 0 Å². The number of benzene rings is 6. The first-order chi connectivity index (χ1) is 26.5. The van der Waals surface area contributed by atoms with E-state index in [0.29, 0.717) is 34.1 Å². The molecule has 1 aromatic heterocycles. The van der Waals surface area contributed by atoms with Crippen molar-refractivity contribution in [1.82, 2.24) is 15.0 Å². The van der Waals surface area contributed by atoms with Gasteiger partial charge in [-0.25, -0.2) is 19.8 Å². The zero-order chi connectivity index (χ0) is 36.2. The lowest BCUT2D eigenvalue weighted by Gasteiger charge is -2.57. The average molecular weight is 696 g/mol. The maximum atomic E-state index is 9.63. The van der Waals surface area contributed by atoms with Gasteiger partial charge in [0, 0.05) is 16.7 Å². The highest BCUT2D eigenvalue weighted by Crippen LogP contribution is 2.60. The minimum atomic E-state index is 0.343. The smallest absolute Gasteiger partial charge is 0.187 e. The Morgan fingerprint density at radius 3 is 1.69 bits per heavy atom. The van der Waals surface area contributed by atoms with Crippen molar-refractivity contribution in [3.8, 4) is 62.5 Å². The van der Waals surface area contributed by atoms with Gasteiger partial charge in [0.25, 0.3) is 0 Å². The molecule has 54 heavy (non-hydrogen) atoms. The van der Waals surface area contributed by atoms with Gasteiger partial charge in [-0.1, -0.05) is 97.1 Å². The van der Waals surface area contributed by atoms with Crippen molar-refractivity contribution in [2.45, 2.75) is 43.9 Å². The van der Waals surface area contributed by atoms with Crippen molar-refractivity contribution >= 4 is 16.5 Å². The molecule has 5 nitrogen and oxygen atoms in total. The summed E-state index contributed by atoms with van der Waals surface area (Å²) in [7, 11) is 0. The van der Waals surface area contributed by atoms with Crippen LogP contribution in [0.25, 0.3) is 72.0 Å². The molecule has 1 heterocycles. The molecule has 0 radical (unpaired) electrons. The monoisotopic (exact) mass is 695 g/mol. The molecule has 4 bridgehead atoms. The quantitative estimate of drug-likeness (QED) is 0.162. The molecule has 0 saturated heterocycles. The summed E-state index contributed by atoms with van der Waals surface area (Å²) in [4.78, 5) is 18.7. The molecule has 7 aromatic rings. The molecule has 4 aliphatic rings. The first kappa shape index (κ1) is 32.2. The van der Waals surface area contributed by atoms with Gasteiger partial charge in [-0.2, -0.15) is 5.26 Å². The molecular formula is C49H37N5. The number of nitriles is 1. The van der Waals surface area contributed by atoms with Gasteiger partial charge >= 0.3 is 0 Å². The van der Waals surface area contributed by atoms with E-state index in [2.05, 4.69) is 71.6 Å². The molecule has 4 fully saturated rings. The van der Waals surface area contributed by atoms with E-state index in [-0.39, 0.29) is 0 Å². The number of nitrogens with zero attached hydrogens (tertiary/aromatic N) is 5. The van der Waals surface area contributed by atoms with E-state index in [1.807, 2.05) is 60.7 Å². The number of hydrogen-bond acceptors (Lipinski definition) is 4. The molecule has 0 N–H and O–H groups in total. The van der Waals surface area contributed by atoms with Gasteiger partial charge < -0.3 is 0 Å². The Balaban J connectivity index is 1.12. The third-order valence-electron chi connectivity index (χ3n) is 12.3. The van der Waals surface area contributed by atoms with Crippen LogP contribution in [0.5, 0.6) is 0 Å². The molecule has 5 heteroatoms. The van der Waals surface area contributed by atoms with Crippen LogP contribution in [-0.4, -0.2) is 15.0 Å². The number of hydrogen-bond donors (Lipinski definition) is 0. The summed E-state index contributed by atoms with van der Waals surface area (Å²) in [5, 5.41) is 11.7. The molecule has 0 aliphatic heterocycles. The van der Waals surface area contributed by atoms with Crippen molar-refractivity contribution in [2.75, 3.05) is 0 Å². The van der Waals surface area contributed by atoms with E-state index < -0.39 is 0 Å². The van der Waals surface area contributed by atoms with Crippen LogP contribution in [0.3, 0.4) is 0 Å². The Morgan fingerprint density at radius 2 is 1.06 bits per heavy atom. The third-order valence-corrected chi connectivity index (χ3v) is 12.3. The standard InChI is InChI=1S/C49H37N5/c1-51-45-17-13-38(14-18-45)47-52-46(37-5-3-2-4-6-37)53-48(54-47)43-25-41(24-42(26-43)39-10-9-35-8-7-31(30-50)22-40(35)23-39)36-11-15-44(16-12-36)49-27-32-19-33(28-49)21-34(20-32)29-49/h2-18,22-26,32-34H,19-21,27-29H2. The van der Waals surface area contributed by atoms with Crippen molar-refractivity contribution in [2.24, 2.45) is 17.8 Å². The lowest BCUT2D eigenvalue weighted by atomic mass is 9.48. The molecule has 4 aliphatic carbocycles. The average Bonchev–Trinajstić information content (AvgIpc) is 3.23. The largest absolute Gasteiger partial charge is 0.238 e. The van der Waals surface area contributed by atoms with Crippen LogP contribution in [0.4, 0.5) is 5.69 Å². The van der Waals surface area contributed by atoms with Crippen LogP contribution in [0.1, 0.15) is 49.7 Å². The lowest BCUT2D eigenvalue weighted by Crippen LogP contribution is -2.48. The summed E-state index contributed by atoms with van der Waals surface area (Å²) in [5.41, 5.74) is 10.0. The SMILES string of the molecule is [C-]#[N+]c1ccc(-c2nc(-c3ccccc3)nc(-c3cc(-c4ccc(C56CC7CC(CC(C7)C5)C6)cc4)cc(-c4ccc5ccc(C#N)cc5c4)c3)n2)cc1. The molecular weight excluding hydrogens is 659 g/mol. The predicted molar refractivity (Wildman–Crippen MR) is 215 cm³/mol. The zero-order valence-corrected chi connectivity index (χ0v) is 29.9. The second-order valence-electron chi connectivity index (χ2n) is 15.8. The van der Waals surface area contributed by atoms with Gasteiger partial charge in [0.15, 0.2) is 23.2 Å². The fourth-order valence-corrected chi connectivity index (χ4v) is 10.1. The number of fused-ring (bicyclic) bond motifs is 1. The van der Waals surface area contributed by atoms with Gasteiger partial charge in [-0.3, -0.25) is 0 Å². The van der Waals surface area contributed by atoms with Crippen LogP contribution < -0.4 is 0 Å². The fraction of sp³-hybridized carbons (Fsp3) is 0.204. The number of aromatic nitrogens is 3. The van der Waals surface area contributed by atoms with Crippen molar-refractivity contribution < 1.29 is 0 Å². The molecule has 4 saturated carbocycles. The van der Waals surface area contributed by atoms with E-state index in [1.54, 1.807) is 12.1 Å². The normalized spacial score (nSPS) is 21.1. The first-order valence-corrected chi connectivity index (χ1v) is 19.0. The maximum Gasteiger partial charge on any atom is 0.187 e. The van der Waals surface area contributed by atoms with Gasteiger partial charge in [0.2, 0.25) is 0 Å². The van der Waals surface area contributed by atoms with E-state index >= 15 is 0 Å². The highest BCUT2D eigenvalue weighted by atomic mass is 15.0. The molecule has 0 unspecified atom stereocenters. The van der Waals surface area contributed by atoms with Crippen LogP contribution >= 0.6 is 0 Å². The molecule has 0 atom stereocenters. The van der Waals surface area contributed by atoms with Crippen LogP contribution in [0.15, 0.2) is 133 Å². The highest BCUT2D eigenvalue weighted by molar-refractivity contribution is 5.90. The Bertz CT molecular complexity index is 2610. The fourth-order valence-electron chi connectivity index (χ4n) is 10.1. The molecule has 258 valence electrons. The van der Waals surface area contributed by atoms with Gasteiger partial charge in [0.1, 0.15) is 0 Å². The second kappa shape index (κ2) is 12.9. The molecule has 6 aromatic carbocycles. The lowest BCUT2D eigenvalue weighted by molar-refractivity contribution is -0.00518. The summed E-state index contributed by atoms with van der Waals surface area (Å²) in [6, 6.07) is 48.1. The maximum absolute atomic E-state index is 9.63. The van der Waals surface area contributed by atoms with E-state index in [9.17, 15) is 5.26 Å².